The molecule has 0 aliphatic carbocycles. The monoisotopic (exact) mass is 339 g/mol. The minimum absolute atomic E-state index is 0.0000101. The van der Waals surface area contributed by atoms with Gasteiger partial charge in [-0.2, -0.15) is 0 Å². The molecule has 1 N–H and O–H groups in total. The van der Waals surface area contributed by atoms with Crippen molar-refractivity contribution in [2.24, 2.45) is 0 Å². The topological polar surface area (TPSA) is 52.7 Å². The molecule has 0 aromatic heterocycles. The van der Waals surface area contributed by atoms with Crippen LogP contribution >= 0.6 is 0 Å². The van der Waals surface area contributed by atoms with Crippen molar-refractivity contribution in [3.05, 3.63) is 48.0 Å². The molecule has 25 heavy (non-hydrogen) atoms. The minimum atomic E-state index is -0.456. The fourth-order valence-corrected chi connectivity index (χ4v) is 3.44. The molecule has 1 aliphatic heterocycles. The Bertz CT molecular complexity index is 761. The van der Waals surface area contributed by atoms with Crippen LogP contribution in [0, 0.1) is 0 Å². The zero-order valence-corrected chi connectivity index (χ0v) is 14.9. The van der Waals surface area contributed by atoms with Gasteiger partial charge in [0, 0.05) is 39.6 Å². The number of nitrogens with zero attached hydrogens (tertiary/aromatic N) is 2. The maximum Gasteiger partial charge on any atom is 0.244 e. The lowest BCUT2D eigenvalue weighted by Gasteiger charge is -2.36. The van der Waals surface area contributed by atoms with Gasteiger partial charge < -0.3 is 10.2 Å². The van der Waals surface area contributed by atoms with Crippen LogP contribution in [0.3, 0.4) is 0 Å². The van der Waals surface area contributed by atoms with Gasteiger partial charge in [-0.3, -0.25) is 14.5 Å². The fourth-order valence-electron chi connectivity index (χ4n) is 3.44. The molecule has 2 aromatic rings. The van der Waals surface area contributed by atoms with E-state index in [1.54, 1.807) is 6.92 Å². The van der Waals surface area contributed by atoms with Crippen molar-refractivity contribution < 1.29 is 9.59 Å². The molecule has 2 amide bonds. The Morgan fingerprint density at radius 2 is 1.72 bits per heavy atom. The number of fused-ring (bicyclic) bond motifs is 1. The van der Waals surface area contributed by atoms with E-state index in [0.29, 0.717) is 13.1 Å². The first-order chi connectivity index (χ1) is 12.0. The second-order valence-electron chi connectivity index (χ2n) is 6.66. The second kappa shape index (κ2) is 7.66. The molecule has 1 atom stereocenters. The zero-order chi connectivity index (χ0) is 17.8. The molecule has 1 heterocycles. The lowest BCUT2D eigenvalue weighted by molar-refractivity contribution is -0.137. The second-order valence-corrected chi connectivity index (χ2v) is 6.66. The molecule has 0 spiro atoms. The van der Waals surface area contributed by atoms with Crippen molar-refractivity contribution >= 4 is 22.6 Å². The Hall–Kier alpha value is -2.40. The Morgan fingerprint density at radius 1 is 1.04 bits per heavy atom. The lowest BCUT2D eigenvalue weighted by Crippen LogP contribution is -2.53. The van der Waals surface area contributed by atoms with Gasteiger partial charge in [0.2, 0.25) is 11.8 Å². The minimum Gasteiger partial charge on any atom is -0.345 e. The number of carbonyl (C=O) groups excluding carboxylic acids is 2. The molecule has 1 aliphatic rings. The number of carbonyl (C=O) groups is 2. The zero-order valence-electron chi connectivity index (χ0n) is 14.9. The quantitative estimate of drug-likeness (QED) is 0.927. The number of rotatable bonds is 4. The smallest absolute Gasteiger partial charge is 0.244 e. The Balaban J connectivity index is 1.59. The number of amides is 2. The summed E-state index contributed by atoms with van der Waals surface area (Å²) in [7, 11) is 0. The first-order valence-electron chi connectivity index (χ1n) is 8.79. The van der Waals surface area contributed by atoms with Crippen LogP contribution in [0.15, 0.2) is 42.5 Å². The summed E-state index contributed by atoms with van der Waals surface area (Å²) in [5.74, 6) is -0.171. The molecule has 1 fully saturated rings. The van der Waals surface area contributed by atoms with Crippen LogP contribution in [-0.4, -0.2) is 53.8 Å². The number of hydrogen-bond donors (Lipinski definition) is 1. The molecule has 1 unspecified atom stereocenters. The van der Waals surface area contributed by atoms with E-state index in [4.69, 9.17) is 0 Å². The van der Waals surface area contributed by atoms with Gasteiger partial charge in [0.1, 0.15) is 6.04 Å². The van der Waals surface area contributed by atoms with Crippen molar-refractivity contribution in [3.8, 4) is 0 Å². The number of hydrogen-bond acceptors (Lipinski definition) is 3. The van der Waals surface area contributed by atoms with Crippen LogP contribution in [0.1, 0.15) is 19.4 Å². The molecule has 5 heteroatoms. The third-order valence-electron chi connectivity index (χ3n) is 4.75. The van der Waals surface area contributed by atoms with Crippen molar-refractivity contribution in [1.29, 1.82) is 0 Å². The van der Waals surface area contributed by atoms with E-state index in [0.717, 1.165) is 19.6 Å². The van der Waals surface area contributed by atoms with E-state index >= 15 is 0 Å². The summed E-state index contributed by atoms with van der Waals surface area (Å²) in [6.07, 6.45) is 0. The van der Waals surface area contributed by atoms with Crippen molar-refractivity contribution in [1.82, 2.24) is 15.1 Å². The van der Waals surface area contributed by atoms with Crippen LogP contribution in [0.25, 0.3) is 10.8 Å². The van der Waals surface area contributed by atoms with Gasteiger partial charge >= 0.3 is 0 Å². The van der Waals surface area contributed by atoms with Crippen LogP contribution in [0.2, 0.25) is 0 Å². The highest BCUT2D eigenvalue weighted by Crippen LogP contribution is 2.20. The number of nitrogens with one attached hydrogen (secondary N) is 1. The molecule has 2 aromatic carbocycles. The van der Waals surface area contributed by atoms with Gasteiger partial charge in [0.15, 0.2) is 0 Å². The van der Waals surface area contributed by atoms with E-state index in [9.17, 15) is 9.59 Å². The van der Waals surface area contributed by atoms with Crippen LogP contribution in [0.5, 0.6) is 0 Å². The Morgan fingerprint density at radius 3 is 2.44 bits per heavy atom. The van der Waals surface area contributed by atoms with E-state index < -0.39 is 6.04 Å². The van der Waals surface area contributed by atoms with E-state index in [2.05, 4.69) is 52.7 Å². The number of piperazine rings is 1. The van der Waals surface area contributed by atoms with Gasteiger partial charge in [-0.1, -0.05) is 42.5 Å². The molecule has 5 nitrogen and oxygen atoms in total. The summed E-state index contributed by atoms with van der Waals surface area (Å²) in [6, 6.07) is 14.4. The summed E-state index contributed by atoms with van der Waals surface area (Å²) in [4.78, 5) is 27.7. The summed E-state index contributed by atoms with van der Waals surface area (Å²) in [5, 5.41) is 5.22. The van der Waals surface area contributed by atoms with Crippen LogP contribution < -0.4 is 5.32 Å². The SMILES string of the molecule is CC(=O)NC(C)C(=O)N1CCN(Cc2cccc3ccccc23)CC1. The molecular formula is C20H25N3O2. The average molecular weight is 339 g/mol. The predicted octanol–water partition coefficient (Wildman–Crippen LogP) is 2.01. The van der Waals surface area contributed by atoms with Crippen molar-refractivity contribution in [2.75, 3.05) is 26.2 Å². The maximum atomic E-state index is 12.4. The average Bonchev–Trinajstić information content (AvgIpc) is 2.61. The van der Waals surface area contributed by atoms with Crippen LogP contribution in [0.4, 0.5) is 0 Å². The fraction of sp³-hybridized carbons (Fsp3) is 0.400. The standard InChI is InChI=1S/C20H25N3O2/c1-15(21-16(2)24)20(25)23-12-10-22(11-13-23)14-18-8-5-7-17-6-3-4-9-19(17)18/h3-9,15H,10-14H2,1-2H3,(H,21,24). The molecule has 1 saturated heterocycles. The summed E-state index contributed by atoms with van der Waals surface area (Å²) in [6.45, 7) is 7.17. The third kappa shape index (κ3) is 4.17. The van der Waals surface area contributed by atoms with Crippen molar-refractivity contribution in [2.45, 2.75) is 26.4 Å². The molecule has 132 valence electrons. The first-order valence-corrected chi connectivity index (χ1v) is 8.79. The lowest BCUT2D eigenvalue weighted by atomic mass is 10.0. The van der Waals surface area contributed by atoms with E-state index in [1.807, 2.05) is 4.90 Å². The molecule has 0 bridgehead atoms. The summed E-state index contributed by atoms with van der Waals surface area (Å²) < 4.78 is 0. The van der Waals surface area contributed by atoms with Crippen molar-refractivity contribution in [3.63, 3.8) is 0 Å². The van der Waals surface area contributed by atoms with E-state index in [-0.39, 0.29) is 11.8 Å². The third-order valence-corrected chi connectivity index (χ3v) is 4.75. The summed E-state index contributed by atoms with van der Waals surface area (Å²) in [5.41, 5.74) is 1.32. The summed E-state index contributed by atoms with van der Waals surface area (Å²) >= 11 is 0. The van der Waals surface area contributed by atoms with Gasteiger partial charge in [-0.25, -0.2) is 0 Å². The Kier molecular flexibility index (Phi) is 5.34. The number of benzene rings is 2. The molecular weight excluding hydrogens is 314 g/mol. The van der Waals surface area contributed by atoms with Gasteiger partial charge in [-0.15, -0.1) is 0 Å². The Labute approximate surface area is 148 Å². The first kappa shape index (κ1) is 17.4. The normalized spacial score (nSPS) is 16.6. The highest BCUT2D eigenvalue weighted by molar-refractivity contribution is 5.87. The highest BCUT2D eigenvalue weighted by atomic mass is 16.2. The van der Waals surface area contributed by atoms with Gasteiger partial charge in [0.05, 0.1) is 0 Å². The molecule has 0 saturated carbocycles. The van der Waals surface area contributed by atoms with Gasteiger partial charge in [-0.05, 0) is 23.3 Å². The van der Waals surface area contributed by atoms with E-state index in [1.165, 1.54) is 23.3 Å². The predicted molar refractivity (Wildman–Crippen MR) is 99.1 cm³/mol. The largest absolute Gasteiger partial charge is 0.345 e. The van der Waals surface area contributed by atoms with Gasteiger partial charge in [0.25, 0.3) is 0 Å². The maximum absolute atomic E-state index is 12.4. The molecule has 3 rings (SSSR count). The highest BCUT2D eigenvalue weighted by Gasteiger charge is 2.25. The van der Waals surface area contributed by atoms with Crippen LogP contribution in [-0.2, 0) is 16.1 Å². The molecule has 0 radical (unpaired) electrons.